The monoisotopic (exact) mass is 507 g/mol. The van der Waals surface area contributed by atoms with Crippen LogP contribution in [-0.2, 0) is 11.8 Å². The minimum Gasteiger partial charge on any atom is -0.486 e. The second-order valence-corrected chi connectivity index (χ2v) is 10.5. The van der Waals surface area contributed by atoms with Crippen LogP contribution in [0.2, 0.25) is 0 Å². The molecule has 2 atom stereocenters. The van der Waals surface area contributed by atoms with Crippen molar-refractivity contribution in [2.75, 3.05) is 13.2 Å². The molecule has 8 heteroatoms. The van der Waals surface area contributed by atoms with Crippen LogP contribution >= 0.6 is 0 Å². The summed E-state index contributed by atoms with van der Waals surface area (Å²) in [7, 11) is 1.78. The molecule has 8 nitrogen and oxygen atoms in total. The molecule has 1 aliphatic carbocycles. The second-order valence-electron chi connectivity index (χ2n) is 10.5. The van der Waals surface area contributed by atoms with Gasteiger partial charge in [0.05, 0.1) is 59.7 Å². The molecule has 0 radical (unpaired) electrons. The van der Waals surface area contributed by atoms with E-state index in [1.807, 2.05) is 55.0 Å². The topological polar surface area (TPSA) is 95.0 Å². The second kappa shape index (κ2) is 9.26. The van der Waals surface area contributed by atoms with Crippen molar-refractivity contribution >= 4 is 21.9 Å². The van der Waals surface area contributed by atoms with E-state index in [9.17, 15) is 10.1 Å². The average Bonchev–Trinajstić information content (AvgIpc) is 3.54. The number of aryl methyl sites for hydroxylation is 1. The number of ether oxygens (including phenoxy) is 2. The van der Waals surface area contributed by atoms with Crippen LogP contribution in [-0.4, -0.2) is 38.4 Å². The first-order valence-electron chi connectivity index (χ1n) is 12.9. The molecule has 2 unspecified atom stereocenters. The van der Waals surface area contributed by atoms with E-state index in [-0.39, 0.29) is 17.8 Å². The van der Waals surface area contributed by atoms with Gasteiger partial charge >= 0.3 is 5.69 Å². The molecule has 0 saturated carbocycles. The fourth-order valence-electron chi connectivity index (χ4n) is 5.28. The Kier molecular flexibility index (Phi) is 5.88. The summed E-state index contributed by atoms with van der Waals surface area (Å²) in [5, 5.41) is 10.4. The molecule has 1 aromatic carbocycles. The van der Waals surface area contributed by atoms with Crippen molar-refractivity contribution < 1.29 is 9.47 Å². The number of allylic oxidation sites excluding steroid dienone is 4. The van der Waals surface area contributed by atoms with Crippen LogP contribution in [0, 0.1) is 16.7 Å². The lowest BCUT2D eigenvalue weighted by Gasteiger charge is -2.23. The van der Waals surface area contributed by atoms with Gasteiger partial charge in [-0.3, -0.25) is 19.1 Å². The molecule has 4 aromatic rings. The van der Waals surface area contributed by atoms with Crippen molar-refractivity contribution in [3.05, 3.63) is 77.1 Å². The lowest BCUT2D eigenvalue weighted by atomic mass is 9.82. The Bertz CT molecular complexity index is 1710. The molecule has 1 aliphatic heterocycles. The van der Waals surface area contributed by atoms with Crippen LogP contribution in [0.4, 0.5) is 0 Å². The highest BCUT2D eigenvalue weighted by Crippen LogP contribution is 2.35. The summed E-state index contributed by atoms with van der Waals surface area (Å²) < 4.78 is 15.0. The Morgan fingerprint density at radius 1 is 1.18 bits per heavy atom. The Morgan fingerprint density at radius 3 is 2.79 bits per heavy atom. The Hall–Kier alpha value is -4.22. The normalized spacial score (nSPS) is 19.6. The van der Waals surface area contributed by atoms with Gasteiger partial charge in [-0.2, -0.15) is 5.26 Å². The van der Waals surface area contributed by atoms with E-state index in [1.165, 1.54) is 0 Å². The average molecular weight is 508 g/mol. The lowest BCUT2D eigenvalue weighted by Crippen LogP contribution is -2.26. The number of rotatable bonds is 5. The molecule has 0 spiro atoms. The largest absolute Gasteiger partial charge is 0.486 e. The van der Waals surface area contributed by atoms with Gasteiger partial charge in [-0.15, -0.1) is 0 Å². The Morgan fingerprint density at radius 2 is 2.05 bits per heavy atom. The third-order valence-corrected chi connectivity index (χ3v) is 7.56. The molecule has 4 heterocycles. The van der Waals surface area contributed by atoms with E-state index in [1.54, 1.807) is 24.0 Å². The standard InChI is InChI=1S/C30H29N5O3/c1-30(2,18-31)21-5-7-22(8-6-21)35-28-25-13-19(4-9-26(25)33-16-27(28)34(3)29(35)36)20-12-24(15-32-14-20)38-23-10-11-37-17-23/h4-7,9,12-16,22-23H,8,10-11,17H2,1-3H3. The lowest BCUT2D eigenvalue weighted by molar-refractivity contribution is 0.141. The number of aromatic nitrogens is 4. The van der Waals surface area contributed by atoms with Gasteiger partial charge in [-0.1, -0.05) is 24.3 Å². The van der Waals surface area contributed by atoms with Gasteiger partial charge in [-0.25, -0.2) is 4.79 Å². The van der Waals surface area contributed by atoms with Crippen molar-refractivity contribution in [1.82, 2.24) is 19.1 Å². The summed E-state index contributed by atoms with van der Waals surface area (Å²) in [5.41, 5.74) is 4.62. The summed E-state index contributed by atoms with van der Waals surface area (Å²) in [5.74, 6) is 0.710. The highest BCUT2D eigenvalue weighted by Gasteiger charge is 2.26. The highest BCUT2D eigenvalue weighted by atomic mass is 16.5. The van der Waals surface area contributed by atoms with Crippen molar-refractivity contribution in [2.24, 2.45) is 12.5 Å². The van der Waals surface area contributed by atoms with Gasteiger partial charge in [0, 0.05) is 30.6 Å². The number of pyridine rings is 2. The Balaban J connectivity index is 1.44. The van der Waals surface area contributed by atoms with Crippen molar-refractivity contribution in [1.29, 1.82) is 5.26 Å². The molecule has 192 valence electrons. The molecule has 1 saturated heterocycles. The number of benzene rings is 1. The number of imidazole rings is 1. The van der Waals surface area contributed by atoms with E-state index in [0.29, 0.717) is 25.4 Å². The van der Waals surface area contributed by atoms with E-state index in [4.69, 9.17) is 9.47 Å². The number of hydrogen-bond donors (Lipinski definition) is 0. The maximum Gasteiger partial charge on any atom is 0.329 e. The fraction of sp³-hybridized carbons (Fsp3) is 0.333. The minimum absolute atomic E-state index is 0.0445. The first-order valence-corrected chi connectivity index (χ1v) is 12.9. The van der Waals surface area contributed by atoms with Crippen molar-refractivity contribution in [3.8, 4) is 22.9 Å². The van der Waals surface area contributed by atoms with Gasteiger partial charge < -0.3 is 9.47 Å². The molecular formula is C30H29N5O3. The summed E-state index contributed by atoms with van der Waals surface area (Å²) in [6, 6.07) is 10.3. The predicted octanol–water partition coefficient (Wildman–Crippen LogP) is 5.10. The van der Waals surface area contributed by atoms with Crippen LogP contribution in [0.25, 0.3) is 33.1 Å². The maximum absolute atomic E-state index is 13.5. The van der Waals surface area contributed by atoms with Crippen molar-refractivity contribution in [3.63, 3.8) is 0 Å². The molecule has 38 heavy (non-hydrogen) atoms. The zero-order valence-electron chi connectivity index (χ0n) is 21.7. The van der Waals surface area contributed by atoms with E-state index < -0.39 is 5.41 Å². The molecular weight excluding hydrogens is 478 g/mol. The summed E-state index contributed by atoms with van der Waals surface area (Å²) in [6.07, 6.45) is 12.9. The number of hydrogen-bond acceptors (Lipinski definition) is 6. The molecule has 6 rings (SSSR count). The first-order chi connectivity index (χ1) is 18.4. The summed E-state index contributed by atoms with van der Waals surface area (Å²) in [6.45, 7) is 5.12. The zero-order valence-corrected chi connectivity index (χ0v) is 21.7. The van der Waals surface area contributed by atoms with Gasteiger partial charge in [0.25, 0.3) is 0 Å². The van der Waals surface area contributed by atoms with E-state index >= 15 is 0 Å². The van der Waals surface area contributed by atoms with E-state index in [2.05, 4.69) is 28.2 Å². The van der Waals surface area contributed by atoms with Gasteiger partial charge in [0.15, 0.2) is 0 Å². The quantitative estimate of drug-likeness (QED) is 0.373. The van der Waals surface area contributed by atoms with Crippen molar-refractivity contribution in [2.45, 2.75) is 38.8 Å². The summed E-state index contributed by atoms with van der Waals surface area (Å²) >= 11 is 0. The van der Waals surface area contributed by atoms with Crippen LogP contribution in [0.15, 0.2) is 71.5 Å². The van der Waals surface area contributed by atoms with Crippen LogP contribution < -0.4 is 10.4 Å². The van der Waals surface area contributed by atoms with Gasteiger partial charge in [0.1, 0.15) is 11.9 Å². The summed E-state index contributed by atoms with van der Waals surface area (Å²) in [4.78, 5) is 22.5. The number of nitriles is 1. The molecule has 1 fully saturated rings. The number of nitrogens with zero attached hydrogens (tertiary/aromatic N) is 5. The Labute approximate surface area is 220 Å². The molecule has 2 aliphatic rings. The van der Waals surface area contributed by atoms with Crippen LogP contribution in [0.5, 0.6) is 5.75 Å². The molecule has 0 amide bonds. The SMILES string of the molecule is Cn1c(=O)n(C2C=CC(C(C)(C)C#N)=CC2)c2c3cc(-c4cncc(OC5CCOC5)c4)ccc3ncc21. The predicted molar refractivity (Wildman–Crippen MR) is 146 cm³/mol. The van der Waals surface area contributed by atoms with Gasteiger partial charge in [0.2, 0.25) is 0 Å². The first kappa shape index (κ1) is 24.1. The van der Waals surface area contributed by atoms with Crippen LogP contribution in [0.1, 0.15) is 32.7 Å². The maximum atomic E-state index is 13.5. The van der Waals surface area contributed by atoms with Gasteiger partial charge in [-0.05, 0) is 49.6 Å². The smallest absolute Gasteiger partial charge is 0.329 e. The minimum atomic E-state index is -0.576. The molecule has 0 N–H and O–H groups in total. The van der Waals surface area contributed by atoms with Crippen LogP contribution in [0.3, 0.4) is 0 Å². The highest BCUT2D eigenvalue weighted by molar-refractivity contribution is 6.04. The number of fused-ring (bicyclic) bond motifs is 3. The zero-order chi connectivity index (χ0) is 26.4. The fourth-order valence-corrected chi connectivity index (χ4v) is 5.28. The third-order valence-electron chi connectivity index (χ3n) is 7.56. The molecule has 3 aromatic heterocycles. The van der Waals surface area contributed by atoms with E-state index in [0.717, 1.165) is 45.1 Å². The molecule has 0 bridgehead atoms. The third kappa shape index (κ3) is 4.09.